The van der Waals surface area contributed by atoms with Crippen molar-refractivity contribution in [2.24, 2.45) is 14.0 Å². The fourth-order valence-corrected chi connectivity index (χ4v) is 2.03. The van der Waals surface area contributed by atoms with Crippen LogP contribution in [-0.4, -0.2) is 29.9 Å². The molecule has 0 saturated heterocycles. The van der Waals surface area contributed by atoms with E-state index in [1.807, 2.05) is 0 Å². The summed E-state index contributed by atoms with van der Waals surface area (Å²) in [6.45, 7) is -5.64. The Hall–Kier alpha value is -1.89. The van der Waals surface area contributed by atoms with Gasteiger partial charge in [-0.25, -0.2) is 9.78 Å². The number of nitrogens with zero attached hydrogens (tertiary/aromatic N) is 4. The minimum Gasteiger partial charge on any atom is -0.393 e. The van der Waals surface area contributed by atoms with E-state index in [0.717, 1.165) is 20.0 Å². The molecule has 110 valence electrons. The average Bonchev–Trinajstić information content (AvgIpc) is 2.96. The second-order valence-corrected chi connectivity index (χ2v) is 4.49. The van der Waals surface area contributed by atoms with Gasteiger partial charge in [0.25, 0.3) is 5.56 Å². The maximum absolute atomic E-state index is 12.6. The first-order valence-electron chi connectivity index (χ1n) is 9.58. The van der Waals surface area contributed by atoms with E-state index in [9.17, 15) is 14.7 Å². The van der Waals surface area contributed by atoms with Gasteiger partial charge >= 0.3 is 5.69 Å². The SMILES string of the molecule is [2H]C([2H])([2H])n1cnc2c1c(=O)n(CCCC[C@]([2H])(O)C([2H])([2H])[2H])c(=O)n2C. The second-order valence-electron chi connectivity index (χ2n) is 4.49. The van der Waals surface area contributed by atoms with Crippen LogP contribution in [0.1, 0.15) is 35.7 Å². The van der Waals surface area contributed by atoms with Crippen molar-refractivity contribution in [1.82, 2.24) is 18.7 Å². The number of aryl methyl sites for hydroxylation is 2. The molecule has 0 fully saturated rings. The highest BCUT2D eigenvalue weighted by Gasteiger charge is 2.14. The maximum atomic E-state index is 12.6. The van der Waals surface area contributed by atoms with E-state index in [0.29, 0.717) is 0 Å². The number of hydrogen-bond donors (Lipinski definition) is 1. The number of rotatable bonds is 5. The monoisotopic (exact) mass is 287 g/mol. The second kappa shape index (κ2) is 5.62. The summed E-state index contributed by atoms with van der Waals surface area (Å²) in [5.41, 5.74) is -1.81. The Kier molecular flexibility index (Phi) is 2.19. The Balaban J connectivity index is 2.32. The molecular weight excluding hydrogens is 260 g/mol. The summed E-state index contributed by atoms with van der Waals surface area (Å²) in [5, 5.41) is 9.64. The van der Waals surface area contributed by atoms with Gasteiger partial charge in [-0.15, -0.1) is 0 Å². The minimum absolute atomic E-state index is 0.0553. The van der Waals surface area contributed by atoms with E-state index in [2.05, 4.69) is 4.98 Å². The van der Waals surface area contributed by atoms with E-state index in [4.69, 9.17) is 9.60 Å². The fourth-order valence-electron chi connectivity index (χ4n) is 2.03. The Morgan fingerprint density at radius 1 is 1.50 bits per heavy atom. The number of aromatic nitrogens is 4. The third-order valence-electron chi connectivity index (χ3n) is 3.08. The van der Waals surface area contributed by atoms with Crippen LogP contribution in [0.2, 0.25) is 0 Å². The van der Waals surface area contributed by atoms with E-state index < -0.39 is 31.2 Å². The standard InChI is InChI=1S/C13H20N4O3/c1-9(18)6-4-5-7-17-12(19)10-11(14-8-15(10)2)16(3)13(17)20/h8-9,18H,4-7H2,1-3H3/t9-/m1/s1/i1D3,2D3,9D. The molecule has 0 aliphatic rings. The van der Waals surface area contributed by atoms with Crippen LogP contribution in [0.3, 0.4) is 0 Å². The Morgan fingerprint density at radius 3 is 3.00 bits per heavy atom. The van der Waals surface area contributed by atoms with Gasteiger partial charge in [0.05, 0.1) is 13.8 Å². The van der Waals surface area contributed by atoms with E-state index in [-0.39, 0.29) is 37.0 Å². The molecule has 1 atom stereocenters. The van der Waals surface area contributed by atoms with Gasteiger partial charge in [0, 0.05) is 28.8 Å². The Morgan fingerprint density at radius 2 is 2.30 bits per heavy atom. The van der Waals surface area contributed by atoms with Gasteiger partial charge < -0.3 is 9.67 Å². The van der Waals surface area contributed by atoms with Crippen molar-refractivity contribution in [2.45, 2.75) is 38.7 Å². The van der Waals surface area contributed by atoms with Crippen LogP contribution in [0.25, 0.3) is 11.2 Å². The highest BCUT2D eigenvalue weighted by atomic mass is 16.3. The number of imidazole rings is 1. The lowest BCUT2D eigenvalue weighted by molar-refractivity contribution is 0.180. The predicted octanol–water partition coefficient (Wildman–Crippen LogP) is -0.0152. The molecule has 0 aliphatic heterocycles. The summed E-state index contributed by atoms with van der Waals surface area (Å²) < 4.78 is 53.8. The lowest BCUT2D eigenvalue weighted by atomic mass is 10.2. The zero-order valence-electron chi connectivity index (χ0n) is 18.0. The number of unbranched alkanes of at least 4 members (excludes halogenated alkanes) is 1. The van der Waals surface area contributed by atoms with Gasteiger partial charge in [-0.3, -0.25) is 13.9 Å². The molecule has 1 N–H and O–H groups in total. The van der Waals surface area contributed by atoms with Gasteiger partial charge in [0.1, 0.15) is 0 Å². The summed E-state index contributed by atoms with van der Waals surface area (Å²) >= 11 is 0. The van der Waals surface area contributed by atoms with E-state index >= 15 is 0 Å². The molecule has 0 saturated carbocycles. The normalized spacial score (nSPS) is 21.0. The Bertz CT molecular complexity index is 952. The molecule has 7 nitrogen and oxygen atoms in total. The molecule has 2 aromatic rings. The zero-order valence-corrected chi connectivity index (χ0v) is 11.0. The van der Waals surface area contributed by atoms with Gasteiger partial charge in [-0.05, 0) is 26.1 Å². The topological polar surface area (TPSA) is 82.1 Å². The molecule has 2 heterocycles. The van der Waals surface area contributed by atoms with Crippen molar-refractivity contribution < 1.29 is 14.7 Å². The summed E-state index contributed by atoms with van der Waals surface area (Å²) in [6.07, 6.45) is -1.80. The van der Waals surface area contributed by atoms with Crippen molar-refractivity contribution >= 4 is 11.2 Å². The number of fused-ring (bicyclic) bond motifs is 1. The van der Waals surface area contributed by atoms with Gasteiger partial charge in [0.2, 0.25) is 0 Å². The maximum Gasteiger partial charge on any atom is 0.332 e. The molecule has 2 aromatic heterocycles. The number of aliphatic hydroxyl groups is 1. The summed E-state index contributed by atoms with van der Waals surface area (Å²) in [5.74, 6) is 0. The van der Waals surface area contributed by atoms with Crippen molar-refractivity contribution in [3.8, 4) is 0 Å². The first-order valence-corrected chi connectivity index (χ1v) is 6.08. The van der Waals surface area contributed by atoms with Gasteiger partial charge in [-0.2, -0.15) is 0 Å². The summed E-state index contributed by atoms with van der Waals surface area (Å²) in [7, 11) is 1.36. The third kappa shape index (κ3) is 2.53. The largest absolute Gasteiger partial charge is 0.393 e. The molecule has 0 amide bonds. The molecule has 0 unspecified atom stereocenters. The van der Waals surface area contributed by atoms with Crippen LogP contribution < -0.4 is 11.2 Å². The molecule has 0 bridgehead atoms. The predicted molar refractivity (Wildman–Crippen MR) is 75.7 cm³/mol. The molecular formula is C13H20N4O3. The van der Waals surface area contributed by atoms with Crippen LogP contribution in [-0.2, 0) is 20.6 Å². The first-order chi connectivity index (χ1) is 12.2. The van der Waals surface area contributed by atoms with E-state index in [1.165, 1.54) is 7.05 Å². The van der Waals surface area contributed by atoms with Crippen LogP contribution >= 0.6 is 0 Å². The van der Waals surface area contributed by atoms with Crippen molar-refractivity contribution in [3.63, 3.8) is 0 Å². The molecule has 0 aromatic carbocycles. The number of hydrogen-bond acceptors (Lipinski definition) is 4. The summed E-state index contributed by atoms with van der Waals surface area (Å²) in [6, 6.07) is 0. The zero-order chi connectivity index (χ0) is 20.8. The van der Waals surface area contributed by atoms with Crippen LogP contribution in [0.15, 0.2) is 15.9 Å². The van der Waals surface area contributed by atoms with Gasteiger partial charge in [0.15, 0.2) is 11.2 Å². The summed E-state index contributed by atoms with van der Waals surface area (Å²) in [4.78, 5) is 28.9. The highest BCUT2D eigenvalue weighted by Crippen LogP contribution is 2.04. The molecule has 7 heteroatoms. The molecule has 0 aliphatic carbocycles. The lowest BCUT2D eigenvalue weighted by Crippen LogP contribution is -2.39. The molecule has 0 radical (unpaired) electrons. The van der Waals surface area contributed by atoms with E-state index in [1.54, 1.807) is 0 Å². The third-order valence-corrected chi connectivity index (χ3v) is 3.08. The van der Waals surface area contributed by atoms with Crippen LogP contribution in [0.5, 0.6) is 0 Å². The lowest BCUT2D eigenvalue weighted by Gasteiger charge is -2.09. The van der Waals surface area contributed by atoms with Crippen LogP contribution in [0.4, 0.5) is 0 Å². The fraction of sp³-hybridized carbons (Fsp3) is 0.615. The van der Waals surface area contributed by atoms with Crippen LogP contribution in [0, 0.1) is 0 Å². The highest BCUT2D eigenvalue weighted by molar-refractivity contribution is 5.69. The van der Waals surface area contributed by atoms with Crippen molar-refractivity contribution in [2.75, 3.05) is 0 Å². The average molecular weight is 287 g/mol. The minimum atomic E-state index is -2.87. The van der Waals surface area contributed by atoms with Gasteiger partial charge in [-0.1, -0.05) is 0 Å². The molecule has 20 heavy (non-hydrogen) atoms. The van der Waals surface area contributed by atoms with Crippen molar-refractivity contribution in [1.29, 1.82) is 0 Å². The smallest absolute Gasteiger partial charge is 0.332 e. The molecule has 2 rings (SSSR count). The molecule has 0 spiro atoms. The first kappa shape index (κ1) is 7.78. The van der Waals surface area contributed by atoms with Crippen molar-refractivity contribution in [3.05, 3.63) is 27.2 Å². The Labute approximate surface area is 125 Å². The quantitative estimate of drug-likeness (QED) is 0.784.